The second kappa shape index (κ2) is 9.69. The summed E-state index contributed by atoms with van der Waals surface area (Å²) in [6.07, 6.45) is 10.1. The molecule has 0 saturated carbocycles. The van der Waals surface area contributed by atoms with Gasteiger partial charge in [-0.15, -0.1) is 0 Å². The van der Waals surface area contributed by atoms with Crippen LogP contribution in [0.4, 0.5) is 5.82 Å². The molecule has 5 rings (SSSR count). The van der Waals surface area contributed by atoms with Gasteiger partial charge in [-0.2, -0.15) is 9.61 Å². The molecule has 0 aliphatic heterocycles. The number of nitrogens with zero attached hydrogens (tertiary/aromatic N) is 3. The van der Waals surface area contributed by atoms with Crippen molar-refractivity contribution in [3.05, 3.63) is 75.0 Å². The van der Waals surface area contributed by atoms with Gasteiger partial charge in [-0.05, 0) is 59.2 Å². The van der Waals surface area contributed by atoms with E-state index in [0.29, 0.717) is 13.1 Å². The summed E-state index contributed by atoms with van der Waals surface area (Å²) in [5.74, 6) is 1.02. The number of allylic oxidation sites excluding steroid dienone is 4. The van der Waals surface area contributed by atoms with Crippen LogP contribution in [0.3, 0.4) is 0 Å². The van der Waals surface area contributed by atoms with E-state index < -0.39 is 0 Å². The molecular formula is C25H25BrClN5O. The van der Waals surface area contributed by atoms with Crippen LogP contribution in [0.15, 0.2) is 58.2 Å². The predicted molar refractivity (Wildman–Crippen MR) is 135 cm³/mol. The molecule has 2 aliphatic rings. The normalized spacial score (nSPS) is 15.8. The van der Waals surface area contributed by atoms with Crippen molar-refractivity contribution in [1.29, 1.82) is 0 Å². The first-order chi connectivity index (χ1) is 16.1. The maximum absolute atomic E-state index is 12.6. The van der Waals surface area contributed by atoms with E-state index in [9.17, 15) is 4.79 Å². The summed E-state index contributed by atoms with van der Waals surface area (Å²) in [4.78, 5) is 17.4. The molecular weight excluding hydrogens is 502 g/mol. The molecule has 0 saturated heterocycles. The smallest absolute Gasteiger partial charge is 0.223 e. The molecule has 170 valence electrons. The van der Waals surface area contributed by atoms with E-state index in [4.69, 9.17) is 16.6 Å². The number of fused-ring (bicyclic) bond motifs is 2. The third-order valence-corrected chi connectivity index (χ3v) is 7.14. The molecule has 0 fully saturated rings. The minimum Gasteiger partial charge on any atom is -0.370 e. The van der Waals surface area contributed by atoms with Gasteiger partial charge in [0.25, 0.3) is 0 Å². The second-order valence-electron chi connectivity index (χ2n) is 8.46. The number of carbonyl (C=O) groups is 1. The Balaban J connectivity index is 1.20. The number of carbonyl (C=O) groups excluding carboxylic acids is 1. The maximum Gasteiger partial charge on any atom is 0.223 e. The molecule has 2 aromatic heterocycles. The summed E-state index contributed by atoms with van der Waals surface area (Å²) >= 11 is 10.0. The van der Waals surface area contributed by atoms with E-state index in [-0.39, 0.29) is 11.8 Å². The fourth-order valence-corrected chi connectivity index (χ4v) is 5.08. The van der Waals surface area contributed by atoms with Crippen molar-refractivity contribution in [2.24, 2.45) is 5.92 Å². The van der Waals surface area contributed by atoms with Gasteiger partial charge in [0.1, 0.15) is 5.82 Å². The van der Waals surface area contributed by atoms with Gasteiger partial charge >= 0.3 is 0 Å². The van der Waals surface area contributed by atoms with E-state index >= 15 is 0 Å². The molecule has 0 spiro atoms. The fraction of sp³-hybridized carbons (Fsp3) is 0.320. The van der Waals surface area contributed by atoms with Crippen LogP contribution >= 0.6 is 27.5 Å². The van der Waals surface area contributed by atoms with E-state index in [1.165, 1.54) is 11.1 Å². The zero-order valence-electron chi connectivity index (χ0n) is 18.2. The number of nitrogens with one attached hydrogen (secondary N) is 2. The van der Waals surface area contributed by atoms with Gasteiger partial charge in [0, 0.05) is 35.7 Å². The molecule has 3 aromatic rings. The highest BCUT2D eigenvalue weighted by molar-refractivity contribution is 9.10. The lowest BCUT2D eigenvalue weighted by molar-refractivity contribution is -0.124. The van der Waals surface area contributed by atoms with E-state index in [1.54, 1.807) is 10.7 Å². The Kier molecular flexibility index (Phi) is 6.51. The molecule has 0 unspecified atom stereocenters. The van der Waals surface area contributed by atoms with Gasteiger partial charge in [-0.3, -0.25) is 4.79 Å². The van der Waals surface area contributed by atoms with E-state index in [1.807, 2.05) is 24.3 Å². The molecule has 8 heteroatoms. The van der Waals surface area contributed by atoms with E-state index in [0.717, 1.165) is 64.3 Å². The van der Waals surface area contributed by atoms with Crippen molar-refractivity contribution in [3.63, 3.8) is 0 Å². The standard InChI is InChI=1S/C25H25BrClN5O/c26-20-15-30-32-23(14-22(31-24(20)32)19-8-3-4-9-21(19)27)28-10-5-11-29-25(33)18-12-16-6-1-2-7-17(16)13-18/h1-3,6-8,14-15,18,28H,4-5,9-13H2,(H,29,33). The minimum atomic E-state index is 0.0423. The number of halogens is 2. The minimum absolute atomic E-state index is 0.0423. The lowest BCUT2D eigenvalue weighted by Gasteiger charge is -2.14. The first-order valence-electron chi connectivity index (χ1n) is 11.3. The van der Waals surface area contributed by atoms with Crippen LogP contribution in [0.25, 0.3) is 11.2 Å². The van der Waals surface area contributed by atoms with Crippen molar-refractivity contribution in [1.82, 2.24) is 19.9 Å². The van der Waals surface area contributed by atoms with E-state index in [2.05, 4.69) is 49.9 Å². The Morgan fingerprint density at radius 1 is 1.21 bits per heavy atom. The monoisotopic (exact) mass is 525 g/mol. The topological polar surface area (TPSA) is 71.3 Å². The average Bonchev–Trinajstić information content (AvgIpc) is 3.43. The van der Waals surface area contributed by atoms with Crippen molar-refractivity contribution < 1.29 is 4.79 Å². The van der Waals surface area contributed by atoms with Gasteiger partial charge in [0.2, 0.25) is 5.91 Å². The number of aromatic nitrogens is 3. The Bertz CT molecular complexity index is 1240. The molecule has 2 aliphatic carbocycles. The van der Waals surface area contributed by atoms with Crippen LogP contribution in [0.1, 0.15) is 36.1 Å². The zero-order valence-corrected chi connectivity index (χ0v) is 20.5. The second-order valence-corrected chi connectivity index (χ2v) is 9.77. The molecule has 2 heterocycles. The first kappa shape index (κ1) is 22.2. The number of anilines is 1. The first-order valence-corrected chi connectivity index (χ1v) is 12.5. The van der Waals surface area contributed by atoms with Crippen LogP contribution in [-0.2, 0) is 17.6 Å². The van der Waals surface area contributed by atoms with Gasteiger partial charge in [0.05, 0.1) is 16.4 Å². The molecule has 6 nitrogen and oxygen atoms in total. The van der Waals surface area contributed by atoms with Crippen LogP contribution in [0, 0.1) is 5.92 Å². The highest BCUT2D eigenvalue weighted by Gasteiger charge is 2.26. The van der Waals surface area contributed by atoms with Gasteiger partial charge < -0.3 is 10.6 Å². The largest absolute Gasteiger partial charge is 0.370 e. The van der Waals surface area contributed by atoms with Crippen molar-refractivity contribution in [3.8, 4) is 0 Å². The summed E-state index contributed by atoms with van der Waals surface area (Å²) in [6, 6.07) is 10.3. The van der Waals surface area contributed by atoms with Crippen molar-refractivity contribution in [2.45, 2.75) is 32.1 Å². The Labute approximate surface area is 206 Å². The van der Waals surface area contributed by atoms with Crippen molar-refractivity contribution in [2.75, 3.05) is 18.4 Å². The number of benzene rings is 1. The molecule has 1 amide bonds. The summed E-state index contributed by atoms with van der Waals surface area (Å²) in [5.41, 5.74) is 5.10. The SMILES string of the molecule is O=C(NCCCNc1cc(C2=C(Cl)CCC=C2)nc2c(Br)cnn12)C1Cc2ccccc2C1. The Morgan fingerprint density at radius 3 is 2.76 bits per heavy atom. The number of hydrogen-bond acceptors (Lipinski definition) is 4. The van der Waals surface area contributed by atoms with Crippen LogP contribution in [0.2, 0.25) is 0 Å². The third-order valence-electron chi connectivity index (χ3n) is 6.19. The maximum atomic E-state index is 12.6. The zero-order chi connectivity index (χ0) is 22.8. The molecule has 0 atom stereocenters. The third kappa shape index (κ3) is 4.70. The number of amides is 1. The quantitative estimate of drug-likeness (QED) is 0.419. The van der Waals surface area contributed by atoms with Gasteiger partial charge in [-0.25, -0.2) is 4.98 Å². The molecule has 1 aromatic carbocycles. The summed E-state index contributed by atoms with van der Waals surface area (Å²) in [6.45, 7) is 1.33. The average molecular weight is 527 g/mol. The molecule has 0 bridgehead atoms. The van der Waals surface area contributed by atoms with Crippen LogP contribution in [0.5, 0.6) is 0 Å². The summed E-state index contributed by atoms with van der Waals surface area (Å²) in [7, 11) is 0. The molecule has 0 radical (unpaired) electrons. The van der Waals surface area contributed by atoms with Crippen LogP contribution in [-0.4, -0.2) is 33.6 Å². The molecule has 2 N–H and O–H groups in total. The number of hydrogen-bond donors (Lipinski definition) is 2. The Morgan fingerprint density at radius 2 is 2.00 bits per heavy atom. The fourth-order valence-electron chi connectivity index (χ4n) is 4.47. The lowest BCUT2D eigenvalue weighted by Crippen LogP contribution is -2.32. The van der Waals surface area contributed by atoms with Crippen LogP contribution < -0.4 is 10.6 Å². The summed E-state index contributed by atoms with van der Waals surface area (Å²) < 4.78 is 2.61. The lowest BCUT2D eigenvalue weighted by atomic mass is 10.0. The highest BCUT2D eigenvalue weighted by atomic mass is 79.9. The number of rotatable bonds is 7. The van der Waals surface area contributed by atoms with Gasteiger partial charge in [-0.1, -0.05) is 48.0 Å². The highest BCUT2D eigenvalue weighted by Crippen LogP contribution is 2.31. The molecule has 33 heavy (non-hydrogen) atoms. The predicted octanol–water partition coefficient (Wildman–Crippen LogP) is 5.12. The summed E-state index contributed by atoms with van der Waals surface area (Å²) in [5, 5.41) is 11.8. The Hall–Kier alpha value is -2.64. The van der Waals surface area contributed by atoms with Crippen molar-refractivity contribution >= 4 is 50.5 Å². The van der Waals surface area contributed by atoms with Gasteiger partial charge in [0.15, 0.2) is 5.65 Å².